The van der Waals surface area contributed by atoms with Gasteiger partial charge in [0.25, 0.3) is 0 Å². The maximum atomic E-state index is 5.91. The highest BCUT2D eigenvalue weighted by Crippen LogP contribution is 2.28. The molecule has 1 atom stereocenters. The lowest BCUT2D eigenvalue weighted by molar-refractivity contribution is 0.281. The van der Waals surface area contributed by atoms with Crippen LogP contribution in [0.25, 0.3) is 0 Å². The van der Waals surface area contributed by atoms with Gasteiger partial charge in [0.05, 0.1) is 0 Å². The Morgan fingerprint density at radius 2 is 2.26 bits per heavy atom. The molecule has 1 heterocycles. The fraction of sp³-hybridized carbons (Fsp3) is 0.385. The number of aromatic nitrogens is 2. The van der Waals surface area contributed by atoms with Gasteiger partial charge < -0.3 is 15.0 Å². The van der Waals surface area contributed by atoms with Crippen LogP contribution in [0.2, 0.25) is 0 Å². The Labute approximate surface area is 120 Å². The van der Waals surface area contributed by atoms with E-state index < -0.39 is 0 Å². The van der Waals surface area contributed by atoms with Crippen LogP contribution < -0.4 is 10.5 Å². The molecule has 2 aromatic rings. The summed E-state index contributed by atoms with van der Waals surface area (Å²) in [4.78, 5) is 4.20. The van der Waals surface area contributed by atoms with Crippen LogP contribution in [0.3, 0.4) is 0 Å². The number of benzene rings is 1. The fourth-order valence-electron chi connectivity index (χ4n) is 1.64. The van der Waals surface area contributed by atoms with Crippen molar-refractivity contribution in [1.29, 1.82) is 0 Å². The van der Waals surface area contributed by atoms with E-state index >= 15 is 0 Å². The first-order chi connectivity index (χ1) is 9.10. The molecule has 6 heteroatoms. The molecule has 0 aliphatic carbocycles. The summed E-state index contributed by atoms with van der Waals surface area (Å²) in [5.41, 5.74) is 6.86. The smallest absolute Gasteiger partial charge is 0.226 e. The minimum absolute atomic E-state index is 0.0976. The van der Waals surface area contributed by atoms with Crippen molar-refractivity contribution in [2.45, 2.75) is 32.9 Å². The zero-order valence-corrected chi connectivity index (χ0v) is 12.5. The van der Waals surface area contributed by atoms with Crippen molar-refractivity contribution in [1.82, 2.24) is 10.1 Å². The topological polar surface area (TPSA) is 74.2 Å². The molecule has 0 fully saturated rings. The molecule has 2 N–H and O–H groups in total. The summed E-state index contributed by atoms with van der Waals surface area (Å²) in [6, 6.07) is 5.67. The summed E-state index contributed by atoms with van der Waals surface area (Å²) in [6.45, 7) is 4.14. The van der Waals surface area contributed by atoms with Gasteiger partial charge in [-0.15, -0.1) is 0 Å². The largest absolute Gasteiger partial charge is 0.485 e. The third-order valence-corrected chi connectivity index (χ3v) is 3.13. The molecule has 0 aliphatic heterocycles. The van der Waals surface area contributed by atoms with Crippen LogP contribution in [-0.4, -0.2) is 10.1 Å². The summed E-state index contributed by atoms with van der Waals surface area (Å²) in [5, 5.41) is 3.84. The maximum Gasteiger partial charge on any atom is 0.226 e. The van der Waals surface area contributed by atoms with E-state index in [4.69, 9.17) is 15.0 Å². The van der Waals surface area contributed by atoms with Crippen LogP contribution in [0.1, 0.15) is 37.2 Å². The van der Waals surface area contributed by atoms with Crippen LogP contribution >= 0.6 is 15.9 Å². The van der Waals surface area contributed by atoms with Crippen molar-refractivity contribution >= 4 is 15.9 Å². The summed E-state index contributed by atoms with van der Waals surface area (Å²) in [7, 11) is 0. The third-order valence-electron chi connectivity index (χ3n) is 2.64. The Morgan fingerprint density at radius 3 is 2.89 bits per heavy atom. The number of rotatable bonds is 5. The van der Waals surface area contributed by atoms with Gasteiger partial charge in [0.1, 0.15) is 5.75 Å². The van der Waals surface area contributed by atoms with Gasteiger partial charge in [-0.1, -0.05) is 34.1 Å². The van der Waals surface area contributed by atoms with E-state index in [1.54, 1.807) is 0 Å². The Kier molecular flexibility index (Phi) is 4.55. The van der Waals surface area contributed by atoms with Crippen molar-refractivity contribution in [2.75, 3.05) is 0 Å². The van der Waals surface area contributed by atoms with Crippen molar-refractivity contribution in [3.8, 4) is 5.75 Å². The van der Waals surface area contributed by atoms with Crippen LogP contribution in [0, 0.1) is 0 Å². The summed E-state index contributed by atoms with van der Waals surface area (Å²) in [6.07, 6.45) is 0.717. The van der Waals surface area contributed by atoms with Gasteiger partial charge in [-0.25, -0.2) is 0 Å². The van der Waals surface area contributed by atoms with E-state index in [0.717, 1.165) is 22.2 Å². The molecule has 0 radical (unpaired) electrons. The van der Waals surface area contributed by atoms with Crippen molar-refractivity contribution in [3.63, 3.8) is 0 Å². The third kappa shape index (κ3) is 3.54. The standard InChI is InChI=1S/C13H16BrN3O2/c1-3-13-16-12(17-19-13)7-18-11-6-9(14)4-5-10(11)8(2)15/h4-6,8H,3,7,15H2,1-2H3/t8-/m0/s1. The highest BCUT2D eigenvalue weighted by atomic mass is 79.9. The molecule has 0 spiro atoms. The van der Waals surface area contributed by atoms with E-state index in [9.17, 15) is 0 Å². The number of ether oxygens (including phenoxy) is 1. The first-order valence-corrected chi connectivity index (χ1v) is 6.88. The van der Waals surface area contributed by atoms with Crippen molar-refractivity contribution < 1.29 is 9.26 Å². The minimum atomic E-state index is -0.0976. The average Bonchev–Trinajstić information content (AvgIpc) is 2.84. The number of hydrogen-bond donors (Lipinski definition) is 1. The quantitative estimate of drug-likeness (QED) is 0.914. The van der Waals surface area contributed by atoms with Crippen LogP contribution in [-0.2, 0) is 13.0 Å². The van der Waals surface area contributed by atoms with E-state index in [-0.39, 0.29) is 12.6 Å². The van der Waals surface area contributed by atoms with Gasteiger partial charge in [0.15, 0.2) is 6.61 Å². The molecular weight excluding hydrogens is 310 g/mol. The van der Waals surface area contributed by atoms with Crippen molar-refractivity contribution in [2.24, 2.45) is 5.73 Å². The monoisotopic (exact) mass is 325 g/mol. The predicted octanol–water partition coefficient (Wildman–Crippen LogP) is 2.99. The van der Waals surface area contributed by atoms with E-state index in [1.165, 1.54) is 0 Å². The molecular formula is C13H16BrN3O2. The average molecular weight is 326 g/mol. The predicted molar refractivity (Wildman–Crippen MR) is 74.8 cm³/mol. The summed E-state index contributed by atoms with van der Waals surface area (Å²) in [5.74, 6) is 1.87. The Hall–Kier alpha value is -1.40. The molecule has 0 unspecified atom stereocenters. The number of hydrogen-bond acceptors (Lipinski definition) is 5. The van der Waals surface area contributed by atoms with Gasteiger partial charge in [0.2, 0.25) is 11.7 Å². The lowest BCUT2D eigenvalue weighted by Gasteiger charge is -2.13. The highest BCUT2D eigenvalue weighted by Gasteiger charge is 2.11. The molecule has 19 heavy (non-hydrogen) atoms. The van der Waals surface area contributed by atoms with Gasteiger partial charge in [0, 0.05) is 22.5 Å². The first-order valence-electron chi connectivity index (χ1n) is 6.09. The lowest BCUT2D eigenvalue weighted by atomic mass is 10.1. The lowest BCUT2D eigenvalue weighted by Crippen LogP contribution is -2.08. The molecule has 2 rings (SSSR count). The maximum absolute atomic E-state index is 5.91. The van der Waals surface area contributed by atoms with Gasteiger partial charge >= 0.3 is 0 Å². The number of halogens is 1. The second-order valence-corrected chi connectivity index (χ2v) is 5.13. The molecule has 1 aromatic heterocycles. The van der Waals surface area contributed by atoms with Gasteiger partial charge in [-0.05, 0) is 19.1 Å². The Morgan fingerprint density at radius 1 is 1.47 bits per heavy atom. The molecule has 0 amide bonds. The SMILES string of the molecule is CCc1nc(COc2cc(Br)ccc2[C@H](C)N)no1. The molecule has 0 bridgehead atoms. The van der Waals surface area contributed by atoms with Crippen molar-refractivity contribution in [3.05, 3.63) is 40.0 Å². The second-order valence-electron chi connectivity index (χ2n) is 4.22. The van der Waals surface area contributed by atoms with Gasteiger partial charge in [-0.2, -0.15) is 4.98 Å². The molecule has 0 saturated carbocycles. The summed E-state index contributed by atoms with van der Waals surface area (Å²) >= 11 is 3.42. The molecule has 0 aliphatic rings. The number of nitrogens with two attached hydrogens (primary N) is 1. The first kappa shape index (κ1) is 14.0. The highest BCUT2D eigenvalue weighted by molar-refractivity contribution is 9.10. The van der Waals surface area contributed by atoms with Crippen LogP contribution in [0.4, 0.5) is 0 Å². The number of nitrogens with zero attached hydrogens (tertiary/aromatic N) is 2. The zero-order valence-electron chi connectivity index (χ0n) is 10.9. The van der Waals surface area contributed by atoms with E-state index in [1.807, 2.05) is 32.0 Å². The summed E-state index contributed by atoms with van der Waals surface area (Å²) < 4.78 is 11.7. The zero-order chi connectivity index (χ0) is 13.8. The van der Waals surface area contributed by atoms with Crippen LogP contribution in [0.5, 0.6) is 5.75 Å². The minimum Gasteiger partial charge on any atom is -0.485 e. The Balaban J connectivity index is 2.12. The molecule has 5 nitrogen and oxygen atoms in total. The van der Waals surface area contributed by atoms with Gasteiger partial charge in [-0.3, -0.25) is 0 Å². The molecule has 1 aromatic carbocycles. The molecule has 102 valence electrons. The fourth-order valence-corrected chi connectivity index (χ4v) is 1.98. The normalized spacial score (nSPS) is 12.4. The Bertz CT molecular complexity index is 555. The van der Waals surface area contributed by atoms with E-state index in [0.29, 0.717) is 11.7 Å². The second kappa shape index (κ2) is 6.16. The van der Waals surface area contributed by atoms with E-state index in [2.05, 4.69) is 26.1 Å². The number of aryl methyl sites for hydroxylation is 1. The molecule has 0 saturated heterocycles. The van der Waals surface area contributed by atoms with Crippen LogP contribution in [0.15, 0.2) is 27.2 Å².